The van der Waals surface area contributed by atoms with Gasteiger partial charge in [0.1, 0.15) is 0 Å². The molecule has 14 heavy (non-hydrogen) atoms. The van der Waals surface area contributed by atoms with Crippen LogP contribution in [-0.2, 0) is 0 Å². The summed E-state index contributed by atoms with van der Waals surface area (Å²) in [6.45, 7) is 3.98. The van der Waals surface area contributed by atoms with Gasteiger partial charge in [0.25, 0.3) is 0 Å². The Hall–Kier alpha value is -0.970. The first-order valence-corrected chi connectivity index (χ1v) is 4.68. The summed E-state index contributed by atoms with van der Waals surface area (Å²) in [6.07, 6.45) is 1.16. The lowest BCUT2D eigenvalue weighted by Gasteiger charge is -1.93. The van der Waals surface area contributed by atoms with Crippen molar-refractivity contribution in [3.8, 4) is 11.8 Å². The van der Waals surface area contributed by atoms with Gasteiger partial charge in [-0.25, -0.2) is 0 Å². The molecule has 0 unspecified atom stereocenters. The third-order valence-corrected chi connectivity index (χ3v) is 1.65. The van der Waals surface area contributed by atoms with Gasteiger partial charge in [-0.3, -0.25) is 0 Å². The van der Waals surface area contributed by atoms with Crippen molar-refractivity contribution in [1.82, 2.24) is 5.32 Å². The third kappa shape index (κ3) is 5.64. The van der Waals surface area contributed by atoms with Gasteiger partial charge in [0.2, 0.25) is 0 Å². The summed E-state index contributed by atoms with van der Waals surface area (Å²) in [5.74, 6) is 6.17. The van der Waals surface area contributed by atoms with E-state index in [0.717, 1.165) is 25.1 Å². The van der Waals surface area contributed by atoms with Gasteiger partial charge < -0.3 is 17.7 Å². The Labute approximate surface area is 92.3 Å². The summed E-state index contributed by atoms with van der Waals surface area (Å²) in [5.41, 5.74) is 1.08. The molecular weight excluding hydrogens is 194 g/mol. The van der Waals surface area contributed by atoms with Crippen molar-refractivity contribution in [2.75, 3.05) is 13.1 Å². The molecule has 1 aromatic rings. The highest BCUT2D eigenvalue weighted by Crippen LogP contribution is 1.93. The SMILES string of the molecule is CCCNCC#Cc1ccccc1.[Cl-]. The average molecular weight is 209 g/mol. The van der Waals surface area contributed by atoms with E-state index in [-0.39, 0.29) is 12.4 Å². The van der Waals surface area contributed by atoms with Crippen LogP contribution in [0.1, 0.15) is 18.9 Å². The van der Waals surface area contributed by atoms with E-state index < -0.39 is 0 Å². The Morgan fingerprint density at radius 1 is 1.21 bits per heavy atom. The van der Waals surface area contributed by atoms with Gasteiger partial charge in [-0.05, 0) is 25.1 Å². The molecule has 1 nitrogen and oxygen atoms in total. The largest absolute Gasteiger partial charge is 1.00 e. The molecule has 0 aliphatic carbocycles. The molecule has 0 spiro atoms. The molecule has 0 aliphatic heterocycles. The van der Waals surface area contributed by atoms with Crippen molar-refractivity contribution >= 4 is 0 Å². The van der Waals surface area contributed by atoms with Crippen LogP contribution in [0.2, 0.25) is 0 Å². The van der Waals surface area contributed by atoms with Crippen LogP contribution >= 0.6 is 0 Å². The van der Waals surface area contributed by atoms with Crippen LogP contribution in [-0.4, -0.2) is 13.1 Å². The van der Waals surface area contributed by atoms with Crippen LogP contribution < -0.4 is 17.7 Å². The quantitative estimate of drug-likeness (QED) is 0.499. The standard InChI is InChI=1S/C12H15N.ClH/c1-2-10-13-11-6-9-12-7-4-3-5-8-12;/h3-5,7-8,13H,2,10-11H2,1H3;1H/p-1. The maximum atomic E-state index is 3.23. The molecule has 0 saturated carbocycles. The lowest BCUT2D eigenvalue weighted by Crippen LogP contribution is -3.00. The van der Waals surface area contributed by atoms with Crippen molar-refractivity contribution in [3.05, 3.63) is 35.9 Å². The fourth-order valence-corrected chi connectivity index (χ4v) is 0.995. The van der Waals surface area contributed by atoms with Crippen LogP contribution in [0, 0.1) is 11.8 Å². The zero-order valence-corrected chi connectivity index (χ0v) is 9.14. The molecule has 2 heteroatoms. The molecule has 0 aliphatic rings. The molecule has 1 N–H and O–H groups in total. The van der Waals surface area contributed by atoms with Crippen LogP contribution in [0.4, 0.5) is 0 Å². The highest BCUT2D eigenvalue weighted by molar-refractivity contribution is 5.33. The summed E-state index contributed by atoms with van der Waals surface area (Å²) in [4.78, 5) is 0. The molecule has 0 aromatic heterocycles. The zero-order chi connectivity index (χ0) is 9.36. The maximum Gasteiger partial charge on any atom is 0.0580 e. The average Bonchev–Trinajstić information content (AvgIpc) is 2.19. The fraction of sp³-hybridized carbons (Fsp3) is 0.333. The number of nitrogens with one attached hydrogen (secondary N) is 1. The zero-order valence-electron chi connectivity index (χ0n) is 8.39. The summed E-state index contributed by atoms with van der Waals surface area (Å²) >= 11 is 0. The minimum Gasteiger partial charge on any atom is -1.00 e. The number of hydrogen-bond acceptors (Lipinski definition) is 1. The first-order valence-electron chi connectivity index (χ1n) is 4.68. The Kier molecular flexibility index (Phi) is 8.02. The molecule has 0 atom stereocenters. The summed E-state index contributed by atoms with van der Waals surface area (Å²) in [5, 5.41) is 3.23. The molecule has 76 valence electrons. The van der Waals surface area contributed by atoms with Crippen LogP contribution in [0.3, 0.4) is 0 Å². The first-order chi connectivity index (χ1) is 6.43. The second-order valence-corrected chi connectivity index (χ2v) is 2.84. The van der Waals surface area contributed by atoms with Crippen molar-refractivity contribution in [2.24, 2.45) is 0 Å². The van der Waals surface area contributed by atoms with Crippen molar-refractivity contribution in [3.63, 3.8) is 0 Å². The Balaban J connectivity index is 0.00000169. The topological polar surface area (TPSA) is 12.0 Å². The van der Waals surface area contributed by atoms with Gasteiger partial charge in [-0.15, -0.1) is 0 Å². The minimum absolute atomic E-state index is 0. The minimum atomic E-state index is 0. The van der Waals surface area contributed by atoms with Crippen molar-refractivity contribution in [1.29, 1.82) is 0 Å². The lowest BCUT2D eigenvalue weighted by atomic mass is 10.2. The predicted molar refractivity (Wildman–Crippen MR) is 56.5 cm³/mol. The number of halogens is 1. The van der Waals surface area contributed by atoms with E-state index in [1.54, 1.807) is 0 Å². The molecular formula is C12H15ClN-. The first kappa shape index (κ1) is 13.0. The Morgan fingerprint density at radius 2 is 1.93 bits per heavy atom. The second kappa shape index (κ2) is 8.62. The summed E-state index contributed by atoms with van der Waals surface area (Å²) in [7, 11) is 0. The van der Waals surface area contributed by atoms with E-state index in [4.69, 9.17) is 0 Å². The Bertz CT molecular complexity index is 284. The second-order valence-electron chi connectivity index (χ2n) is 2.84. The van der Waals surface area contributed by atoms with E-state index >= 15 is 0 Å². The van der Waals surface area contributed by atoms with Gasteiger partial charge in [-0.2, -0.15) is 0 Å². The fourth-order valence-electron chi connectivity index (χ4n) is 0.995. The van der Waals surface area contributed by atoms with E-state index in [1.165, 1.54) is 0 Å². The van der Waals surface area contributed by atoms with Crippen molar-refractivity contribution in [2.45, 2.75) is 13.3 Å². The van der Waals surface area contributed by atoms with Crippen LogP contribution in [0.25, 0.3) is 0 Å². The molecule has 0 bridgehead atoms. The van der Waals surface area contributed by atoms with E-state index in [0.29, 0.717) is 0 Å². The highest BCUT2D eigenvalue weighted by atomic mass is 35.5. The lowest BCUT2D eigenvalue weighted by molar-refractivity contribution is -0.00000272. The number of benzene rings is 1. The molecule has 0 fully saturated rings. The number of hydrogen-bond donors (Lipinski definition) is 1. The van der Waals surface area contributed by atoms with Crippen LogP contribution in [0.5, 0.6) is 0 Å². The van der Waals surface area contributed by atoms with E-state index in [9.17, 15) is 0 Å². The smallest absolute Gasteiger partial charge is 0.0580 e. The summed E-state index contributed by atoms with van der Waals surface area (Å²) in [6, 6.07) is 10.0. The van der Waals surface area contributed by atoms with E-state index in [2.05, 4.69) is 24.1 Å². The molecule has 1 aromatic carbocycles. The van der Waals surface area contributed by atoms with Crippen molar-refractivity contribution < 1.29 is 12.4 Å². The van der Waals surface area contributed by atoms with E-state index in [1.807, 2.05) is 30.3 Å². The normalized spacial score (nSPS) is 8.36. The molecule has 0 saturated heterocycles. The molecule has 0 amide bonds. The van der Waals surface area contributed by atoms with Crippen LogP contribution in [0.15, 0.2) is 30.3 Å². The summed E-state index contributed by atoms with van der Waals surface area (Å²) < 4.78 is 0. The molecule has 0 radical (unpaired) electrons. The predicted octanol–water partition coefficient (Wildman–Crippen LogP) is -0.958. The molecule has 0 heterocycles. The molecule has 1 rings (SSSR count). The van der Waals surface area contributed by atoms with Gasteiger partial charge in [0.15, 0.2) is 0 Å². The Morgan fingerprint density at radius 3 is 2.57 bits per heavy atom. The number of rotatable bonds is 3. The van der Waals surface area contributed by atoms with Gasteiger partial charge >= 0.3 is 0 Å². The highest BCUT2D eigenvalue weighted by Gasteiger charge is 1.81. The van der Waals surface area contributed by atoms with Gasteiger partial charge in [0, 0.05) is 5.56 Å². The monoisotopic (exact) mass is 208 g/mol. The van der Waals surface area contributed by atoms with Gasteiger partial charge in [-0.1, -0.05) is 37.0 Å². The maximum absolute atomic E-state index is 3.23. The third-order valence-electron chi connectivity index (χ3n) is 1.65. The van der Waals surface area contributed by atoms with Gasteiger partial charge in [0.05, 0.1) is 6.54 Å².